The Morgan fingerprint density at radius 1 is 1.23 bits per heavy atom. The molecule has 0 saturated carbocycles. The monoisotopic (exact) mass is 376 g/mol. The average Bonchev–Trinajstić information content (AvgIpc) is 3.05. The lowest BCUT2D eigenvalue weighted by Gasteiger charge is -2.12. The molecule has 0 radical (unpaired) electrons. The molecule has 8 heteroatoms. The summed E-state index contributed by atoms with van der Waals surface area (Å²) >= 11 is 5.91. The maximum Gasteiger partial charge on any atom is 0.332 e. The number of aliphatic hydroxyl groups excluding tert-OH is 1. The lowest BCUT2D eigenvalue weighted by molar-refractivity contribution is 0.153. The Morgan fingerprint density at radius 2 is 1.92 bits per heavy atom. The molecule has 0 aliphatic carbocycles. The smallest absolute Gasteiger partial charge is 0.332 e. The number of nitrogens with zero attached hydrogens (tertiary/aromatic N) is 4. The van der Waals surface area contributed by atoms with Crippen LogP contribution in [0.5, 0.6) is 0 Å². The Bertz CT molecular complexity index is 1030. The average molecular weight is 377 g/mol. The van der Waals surface area contributed by atoms with Crippen molar-refractivity contribution in [2.45, 2.75) is 39.0 Å². The van der Waals surface area contributed by atoms with Crippen LogP contribution in [-0.2, 0) is 20.1 Å². The molecule has 0 saturated heterocycles. The second-order valence-electron chi connectivity index (χ2n) is 6.32. The van der Waals surface area contributed by atoms with E-state index in [1.54, 1.807) is 30.1 Å². The Kier molecular flexibility index (Phi) is 5.29. The Balaban J connectivity index is 2.06. The van der Waals surface area contributed by atoms with Crippen molar-refractivity contribution >= 4 is 22.8 Å². The van der Waals surface area contributed by atoms with E-state index >= 15 is 0 Å². The van der Waals surface area contributed by atoms with Gasteiger partial charge in [-0.25, -0.2) is 9.78 Å². The lowest BCUT2D eigenvalue weighted by atomic mass is 10.2. The van der Waals surface area contributed by atoms with Crippen LogP contribution >= 0.6 is 11.6 Å². The third-order valence-corrected chi connectivity index (χ3v) is 4.78. The third-order valence-electron chi connectivity index (χ3n) is 4.53. The third kappa shape index (κ3) is 3.45. The molecule has 7 nitrogen and oxygen atoms in total. The van der Waals surface area contributed by atoms with E-state index in [0.29, 0.717) is 35.6 Å². The minimum absolute atomic E-state index is 0.169. The van der Waals surface area contributed by atoms with Crippen molar-refractivity contribution in [3.8, 4) is 0 Å². The van der Waals surface area contributed by atoms with Gasteiger partial charge in [0.25, 0.3) is 5.56 Å². The number of hydrogen-bond donors (Lipinski definition) is 1. The van der Waals surface area contributed by atoms with Crippen LogP contribution < -0.4 is 11.2 Å². The molecule has 0 amide bonds. The van der Waals surface area contributed by atoms with Gasteiger partial charge in [-0.15, -0.1) is 0 Å². The molecule has 2 aromatic heterocycles. The van der Waals surface area contributed by atoms with Crippen molar-refractivity contribution in [1.29, 1.82) is 0 Å². The molecular formula is C18H21ClN4O3. The summed E-state index contributed by atoms with van der Waals surface area (Å²) in [6, 6.07) is 7.34. The Labute approximate surface area is 155 Å². The normalized spacial score (nSPS) is 12.6. The van der Waals surface area contributed by atoms with E-state index in [9.17, 15) is 14.7 Å². The molecule has 138 valence electrons. The molecule has 1 atom stereocenters. The maximum atomic E-state index is 12.9. The summed E-state index contributed by atoms with van der Waals surface area (Å²) in [5.74, 6) is 0. The van der Waals surface area contributed by atoms with Crippen LogP contribution in [0.3, 0.4) is 0 Å². The van der Waals surface area contributed by atoms with Crippen molar-refractivity contribution in [2.24, 2.45) is 7.05 Å². The minimum atomic E-state index is -0.540. The number of rotatable bonds is 6. The summed E-state index contributed by atoms with van der Waals surface area (Å²) in [6.45, 7) is 2.47. The van der Waals surface area contributed by atoms with Gasteiger partial charge in [-0.2, -0.15) is 0 Å². The zero-order valence-corrected chi connectivity index (χ0v) is 15.5. The standard InChI is InChI=1S/C18H21ClN4O3/c1-3-14(24)8-9-23-17(25)15-16(21(2)18(23)26)20-11-22(15)10-12-4-6-13(19)7-5-12/h4-7,11,14,24H,3,8-10H2,1-2H3. The van der Waals surface area contributed by atoms with Crippen LogP contribution in [-0.4, -0.2) is 29.9 Å². The van der Waals surface area contributed by atoms with Gasteiger partial charge in [-0.3, -0.25) is 13.9 Å². The molecule has 1 aromatic carbocycles. The highest BCUT2D eigenvalue weighted by Gasteiger charge is 2.17. The molecule has 0 bridgehead atoms. The summed E-state index contributed by atoms with van der Waals surface area (Å²) < 4.78 is 4.27. The fourth-order valence-electron chi connectivity index (χ4n) is 2.91. The highest BCUT2D eigenvalue weighted by Crippen LogP contribution is 2.13. The Hall–Kier alpha value is -2.38. The molecule has 2 heterocycles. The number of aromatic nitrogens is 4. The summed E-state index contributed by atoms with van der Waals surface area (Å²) in [6.07, 6.45) is 1.95. The quantitative estimate of drug-likeness (QED) is 0.710. The molecule has 3 aromatic rings. The SMILES string of the molecule is CCC(O)CCn1c(=O)c2c(ncn2Cc2ccc(Cl)cc2)n(C)c1=O. The highest BCUT2D eigenvalue weighted by molar-refractivity contribution is 6.30. The first-order chi connectivity index (χ1) is 12.4. The van der Waals surface area contributed by atoms with Gasteiger partial charge in [0.2, 0.25) is 0 Å². The van der Waals surface area contributed by atoms with Gasteiger partial charge in [0.1, 0.15) is 0 Å². The molecule has 0 aliphatic heterocycles. The van der Waals surface area contributed by atoms with Gasteiger partial charge in [0.05, 0.1) is 12.4 Å². The first-order valence-corrected chi connectivity index (χ1v) is 8.87. The molecule has 26 heavy (non-hydrogen) atoms. The highest BCUT2D eigenvalue weighted by atomic mass is 35.5. The topological polar surface area (TPSA) is 82.1 Å². The molecular weight excluding hydrogens is 356 g/mol. The fourth-order valence-corrected chi connectivity index (χ4v) is 3.03. The van der Waals surface area contributed by atoms with E-state index in [1.165, 1.54) is 9.13 Å². The van der Waals surface area contributed by atoms with Crippen LogP contribution in [0.2, 0.25) is 5.02 Å². The van der Waals surface area contributed by atoms with Crippen molar-refractivity contribution in [2.75, 3.05) is 0 Å². The van der Waals surface area contributed by atoms with Crippen LogP contribution in [0, 0.1) is 0 Å². The van der Waals surface area contributed by atoms with Gasteiger partial charge in [-0.1, -0.05) is 30.7 Å². The first kappa shape index (κ1) is 18.4. The van der Waals surface area contributed by atoms with Crippen LogP contribution in [0.15, 0.2) is 40.2 Å². The number of imidazole rings is 1. The molecule has 0 aliphatic rings. The predicted molar refractivity (Wildman–Crippen MR) is 101 cm³/mol. The second-order valence-corrected chi connectivity index (χ2v) is 6.76. The number of benzene rings is 1. The van der Waals surface area contributed by atoms with E-state index in [-0.39, 0.29) is 6.54 Å². The van der Waals surface area contributed by atoms with Crippen molar-refractivity contribution in [1.82, 2.24) is 18.7 Å². The zero-order valence-electron chi connectivity index (χ0n) is 14.7. The van der Waals surface area contributed by atoms with E-state index in [0.717, 1.165) is 5.56 Å². The predicted octanol–water partition coefficient (Wildman–Crippen LogP) is 1.76. The van der Waals surface area contributed by atoms with Gasteiger partial charge >= 0.3 is 5.69 Å². The van der Waals surface area contributed by atoms with Crippen molar-refractivity contribution in [3.63, 3.8) is 0 Å². The minimum Gasteiger partial charge on any atom is -0.393 e. The largest absolute Gasteiger partial charge is 0.393 e. The number of halogens is 1. The van der Waals surface area contributed by atoms with Crippen LogP contribution in [0.25, 0.3) is 11.2 Å². The lowest BCUT2D eigenvalue weighted by Crippen LogP contribution is -2.40. The van der Waals surface area contributed by atoms with Crippen LogP contribution in [0.1, 0.15) is 25.3 Å². The van der Waals surface area contributed by atoms with Gasteiger partial charge in [0, 0.05) is 25.2 Å². The van der Waals surface area contributed by atoms with Crippen molar-refractivity contribution < 1.29 is 5.11 Å². The fraction of sp³-hybridized carbons (Fsp3) is 0.389. The first-order valence-electron chi connectivity index (χ1n) is 8.49. The maximum absolute atomic E-state index is 12.9. The summed E-state index contributed by atoms with van der Waals surface area (Å²) in [5.41, 5.74) is 0.865. The van der Waals surface area contributed by atoms with E-state index < -0.39 is 17.4 Å². The molecule has 0 fully saturated rings. The van der Waals surface area contributed by atoms with E-state index in [2.05, 4.69) is 4.98 Å². The zero-order chi connectivity index (χ0) is 18.8. The Morgan fingerprint density at radius 3 is 2.58 bits per heavy atom. The summed E-state index contributed by atoms with van der Waals surface area (Å²) in [7, 11) is 1.59. The molecule has 1 unspecified atom stereocenters. The summed E-state index contributed by atoms with van der Waals surface area (Å²) in [5, 5.41) is 10.4. The summed E-state index contributed by atoms with van der Waals surface area (Å²) in [4.78, 5) is 29.6. The molecule has 3 rings (SSSR count). The second kappa shape index (κ2) is 7.47. The number of aryl methyl sites for hydroxylation is 1. The number of aliphatic hydroxyl groups is 1. The van der Waals surface area contributed by atoms with E-state index in [1.807, 2.05) is 19.1 Å². The number of hydrogen-bond acceptors (Lipinski definition) is 4. The van der Waals surface area contributed by atoms with Gasteiger partial charge in [0.15, 0.2) is 11.2 Å². The van der Waals surface area contributed by atoms with Gasteiger partial charge < -0.3 is 9.67 Å². The van der Waals surface area contributed by atoms with Crippen molar-refractivity contribution in [3.05, 3.63) is 62.0 Å². The van der Waals surface area contributed by atoms with E-state index in [4.69, 9.17) is 11.6 Å². The molecule has 0 spiro atoms. The molecule has 1 N–H and O–H groups in total. The van der Waals surface area contributed by atoms with Crippen LogP contribution in [0.4, 0.5) is 0 Å². The number of fused-ring (bicyclic) bond motifs is 1. The van der Waals surface area contributed by atoms with Gasteiger partial charge in [-0.05, 0) is 30.5 Å².